The minimum atomic E-state index is -3.43. The van der Waals surface area contributed by atoms with Crippen molar-refractivity contribution < 1.29 is 8.42 Å². The molecule has 2 aromatic rings. The molecule has 1 aliphatic rings. The van der Waals surface area contributed by atoms with Crippen LogP contribution in [0.3, 0.4) is 0 Å². The van der Waals surface area contributed by atoms with Crippen molar-refractivity contribution in [2.24, 2.45) is 0 Å². The Balaban J connectivity index is 1.84. The summed E-state index contributed by atoms with van der Waals surface area (Å²) < 4.78 is 25.1. The van der Waals surface area contributed by atoms with Crippen LogP contribution in [0.4, 0.5) is 0 Å². The summed E-state index contributed by atoms with van der Waals surface area (Å²) in [6.45, 7) is 1.92. The number of piperidine rings is 1. The third-order valence-electron chi connectivity index (χ3n) is 3.93. The van der Waals surface area contributed by atoms with Crippen molar-refractivity contribution in [1.29, 1.82) is 0 Å². The highest BCUT2D eigenvalue weighted by Crippen LogP contribution is 2.25. The molecule has 0 spiro atoms. The van der Waals surface area contributed by atoms with Gasteiger partial charge in [-0.25, -0.2) is 13.4 Å². The fourth-order valence-electron chi connectivity index (χ4n) is 2.72. The maximum atomic E-state index is 12.5. The monoisotopic (exact) mass is 317 g/mol. The molecule has 0 unspecified atom stereocenters. The van der Waals surface area contributed by atoms with Crippen LogP contribution in [-0.4, -0.2) is 31.5 Å². The third kappa shape index (κ3) is 3.51. The van der Waals surface area contributed by atoms with E-state index >= 15 is 0 Å². The SMILES string of the molecule is O=S(=O)(Cc1ccncc1)c1cccc(C2CCNCC2)n1. The molecule has 6 heteroatoms. The van der Waals surface area contributed by atoms with Crippen molar-refractivity contribution in [2.75, 3.05) is 13.1 Å². The number of nitrogens with zero attached hydrogens (tertiary/aromatic N) is 2. The Kier molecular flexibility index (Phi) is 4.49. The summed E-state index contributed by atoms with van der Waals surface area (Å²) in [5.74, 6) is 0.301. The Bertz CT molecular complexity index is 726. The standard InChI is InChI=1S/C16H19N3O2S/c20-22(21,12-13-4-8-17-9-5-13)16-3-1-2-15(19-16)14-6-10-18-11-7-14/h1-5,8-9,14,18H,6-7,10-12H2. The number of sulfone groups is 1. The number of hydrogen-bond donors (Lipinski definition) is 1. The van der Waals surface area contributed by atoms with Gasteiger partial charge in [-0.2, -0.15) is 0 Å². The zero-order valence-electron chi connectivity index (χ0n) is 12.3. The summed E-state index contributed by atoms with van der Waals surface area (Å²) in [5.41, 5.74) is 1.61. The fourth-order valence-corrected chi connectivity index (χ4v) is 4.03. The van der Waals surface area contributed by atoms with Gasteiger partial charge in [-0.15, -0.1) is 0 Å². The lowest BCUT2D eigenvalue weighted by atomic mass is 9.94. The molecule has 5 nitrogen and oxygen atoms in total. The highest BCUT2D eigenvalue weighted by Gasteiger charge is 2.21. The van der Waals surface area contributed by atoms with E-state index in [0.717, 1.165) is 37.2 Å². The number of aromatic nitrogens is 2. The first-order chi connectivity index (χ1) is 10.6. The second kappa shape index (κ2) is 6.54. The number of pyridine rings is 2. The average Bonchev–Trinajstić information content (AvgIpc) is 2.56. The van der Waals surface area contributed by atoms with Crippen LogP contribution in [0.5, 0.6) is 0 Å². The molecule has 0 radical (unpaired) electrons. The largest absolute Gasteiger partial charge is 0.317 e. The molecule has 1 saturated heterocycles. The van der Waals surface area contributed by atoms with E-state index in [4.69, 9.17) is 0 Å². The van der Waals surface area contributed by atoms with Gasteiger partial charge in [-0.05, 0) is 55.8 Å². The van der Waals surface area contributed by atoms with Gasteiger partial charge in [0.15, 0.2) is 14.9 Å². The van der Waals surface area contributed by atoms with Crippen LogP contribution in [0.1, 0.15) is 30.0 Å². The maximum absolute atomic E-state index is 12.5. The van der Waals surface area contributed by atoms with Crippen LogP contribution in [-0.2, 0) is 15.6 Å². The van der Waals surface area contributed by atoms with Gasteiger partial charge >= 0.3 is 0 Å². The van der Waals surface area contributed by atoms with E-state index in [1.165, 1.54) is 0 Å². The fraction of sp³-hybridized carbons (Fsp3) is 0.375. The van der Waals surface area contributed by atoms with Gasteiger partial charge < -0.3 is 5.32 Å². The summed E-state index contributed by atoms with van der Waals surface area (Å²) in [6, 6.07) is 8.74. The Morgan fingerprint density at radius 3 is 2.55 bits per heavy atom. The van der Waals surface area contributed by atoms with Crippen molar-refractivity contribution in [2.45, 2.75) is 29.5 Å². The molecular weight excluding hydrogens is 298 g/mol. The molecule has 2 aromatic heterocycles. The Morgan fingerprint density at radius 1 is 1.09 bits per heavy atom. The van der Waals surface area contributed by atoms with Gasteiger partial charge in [0.2, 0.25) is 0 Å². The molecule has 1 fully saturated rings. The van der Waals surface area contributed by atoms with Crippen molar-refractivity contribution in [1.82, 2.24) is 15.3 Å². The van der Waals surface area contributed by atoms with Crippen LogP contribution in [0.15, 0.2) is 47.8 Å². The lowest BCUT2D eigenvalue weighted by Gasteiger charge is -2.22. The molecule has 22 heavy (non-hydrogen) atoms. The summed E-state index contributed by atoms with van der Waals surface area (Å²) in [7, 11) is -3.43. The first-order valence-electron chi connectivity index (χ1n) is 7.44. The van der Waals surface area contributed by atoms with E-state index in [1.54, 1.807) is 36.7 Å². The van der Waals surface area contributed by atoms with Crippen LogP contribution in [0, 0.1) is 0 Å². The molecule has 0 atom stereocenters. The Hall–Kier alpha value is -1.79. The van der Waals surface area contributed by atoms with Gasteiger partial charge in [-0.3, -0.25) is 4.98 Å². The van der Waals surface area contributed by atoms with Gasteiger partial charge in [0.05, 0.1) is 5.75 Å². The van der Waals surface area contributed by atoms with Crippen molar-refractivity contribution >= 4 is 9.84 Å². The lowest BCUT2D eigenvalue weighted by molar-refractivity contribution is 0.451. The molecular formula is C16H19N3O2S. The van der Waals surface area contributed by atoms with Crippen molar-refractivity contribution in [3.63, 3.8) is 0 Å². The van der Waals surface area contributed by atoms with Crippen LogP contribution < -0.4 is 5.32 Å². The number of hydrogen-bond acceptors (Lipinski definition) is 5. The summed E-state index contributed by atoms with van der Waals surface area (Å²) in [6.07, 6.45) is 5.20. The highest BCUT2D eigenvalue weighted by molar-refractivity contribution is 7.90. The Labute approximate surface area is 130 Å². The van der Waals surface area contributed by atoms with Crippen molar-refractivity contribution in [3.8, 4) is 0 Å². The predicted molar refractivity (Wildman–Crippen MR) is 84.2 cm³/mol. The summed E-state index contributed by atoms with van der Waals surface area (Å²) in [4.78, 5) is 8.34. The average molecular weight is 317 g/mol. The molecule has 1 aliphatic heterocycles. The summed E-state index contributed by atoms with van der Waals surface area (Å²) in [5, 5.41) is 3.48. The van der Waals surface area contributed by atoms with E-state index in [9.17, 15) is 8.42 Å². The lowest BCUT2D eigenvalue weighted by Crippen LogP contribution is -2.27. The normalized spacial score (nSPS) is 16.5. The first kappa shape index (κ1) is 15.1. The first-order valence-corrected chi connectivity index (χ1v) is 9.10. The predicted octanol–water partition coefficient (Wildman–Crippen LogP) is 1.92. The minimum absolute atomic E-state index is 0.0435. The molecule has 0 aliphatic carbocycles. The molecule has 0 saturated carbocycles. The smallest absolute Gasteiger partial charge is 0.199 e. The minimum Gasteiger partial charge on any atom is -0.317 e. The van der Waals surface area contributed by atoms with Gasteiger partial charge in [0.1, 0.15) is 0 Å². The molecule has 3 rings (SSSR count). The van der Waals surface area contributed by atoms with Crippen LogP contribution in [0.25, 0.3) is 0 Å². The second-order valence-corrected chi connectivity index (χ2v) is 7.48. The molecule has 0 amide bonds. The zero-order valence-corrected chi connectivity index (χ0v) is 13.1. The maximum Gasteiger partial charge on any atom is 0.199 e. The van der Waals surface area contributed by atoms with Gasteiger partial charge in [0, 0.05) is 24.0 Å². The summed E-state index contributed by atoms with van der Waals surface area (Å²) >= 11 is 0. The topological polar surface area (TPSA) is 72.0 Å². The highest BCUT2D eigenvalue weighted by atomic mass is 32.2. The Morgan fingerprint density at radius 2 is 1.82 bits per heavy atom. The van der Waals surface area contributed by atoms with E-state index in [1.807, 2.05) is 6.07 Å². The van der Waals surface area contributed by atoms with Crippen LogP contribution >= 0.6 is 0 Å². The third-order valence-corrected chi connectivity index (χ3v) is 5.51. The van der Waals surface area contributed by atoms with Gasteiger partial charge in [-0.1, -0.05) is 6.07 Å². The van der Waals surface area contributed by atoms with E-state index in [2.05, 4.69) is 15.3 Å². The molecule has 1 N–H and O–H groups in total. The molecule has 0 bridgehead atoms. The molecule has 0 aromatic carbocycles. The van der Waals surface area contributed by atoms with Crippen LogP contribution in [0.2, 0.25) is 0 Å². The van der Waals surface area contributed by atoms with E-state index in [-0.39, 0.29) is 10.8 Å². The van der Waals surface area contributed by atoms with Crippen molar-refractivity contribution in [3.05, 3.63) is 54.0 Å². The zero-order chi connectivity index (χ0) is 15.4. The second-order valence-electron chi connectivity index (χ2n) is 5.54. The molecule has 116 valence electrons. The quantitative estimate of drug-likeness (QED) is 0.933. The van der Waals surface area contributed by atoms with E-state index in [0.29, 0.717) is 5.92 Å². The number of nitrogens with one attached hydrogen (secondary N) is 1. The van der Waals surface area contributed by atoms with Gasteiger partial charge in [0.25, 0.3) is 0 Å². The molecule has 3 heterocycles. The van der Waals surface area contributed by atoms with E-state index < -0.39 is 9.84 Å². The number of rotatable bonds is 4.